The minimum Gasteiger partial charge on any atom is -0.349 e. The van der Waals surface area contributed by atoms with Crippen LogP contribution in [0.15, 0.2) is 30.3 Å². The van der Waals surface area contributed by atoms with Crippen LogP contribution in [0.5, 0.6) is 0 Å². The van der Waals surface area contributed by atoms with Crippen molar-refractivity contribution in [1.82, 2.24) is 10.6 Å². The third-order valence-corrected chi connectivity index (χ3v) is 3.02. The summed E-state index contributed by atoms with van der Waals surface area (Å²) < 4.78 is 0. The van der Waals surface area contributed by atoms with Gasteiger partial charge in [-0.1, -0.05) is 30.3 Å². The van der Waals surface area contributed by atoms with Crippen LogP contribution in [0.1, 0.15) is 5.56 Å². The minimum absolute atomic E-state index is 0.0618. The Bertz CT molecular complexity index is 342. The molecule has 0 unspecified atom stereocenters. The number of amides is 1. The standard InChI is InChI=1S/C11H14N2OS/c14-10(13-9-7-12-11(9)15)6-8-4-2-1-3-5-8/h1-5,9,11-12,15H,6-7H2,(H,13,14)/t9-,11-/m1/s1. The molecule has 1 aromatic rings. The highest BCUT2D eigenvalue weighted by Crippen LogP contribution is 2.08. The van der Waals surface area contributed by atoms with Gasteiger partial charge in [0.1, 0.15) is 0 Å². The van der Waals surface area contributed by atoms with Gasteiger partial charge in [0.25, 0.3) is 0 Å². The summed E-state index contributed by atoms with van der Waals surface area (Å²) in [5.41, 5.74) is 1.04. The second kappa shape index (κ2) is 4.68. The van der Waals surface area contributed by atoms with Gasteiger partial charge >= 0.3 is 0 Å². The van der Waals surface area contributed by atoms with Crippen molar-refractivity contribution in [2.24, 2.45) is 0 Å². The third-order valence-electron chi connectivity index (χ3n) is 2.48. The Labute approximate surface area is 94.7 Å². The lowest BCUT2D eigenvalue weighted by Crippen LogP contribution is -2.62. The number of rotatable bonds is 3. The van der Waals surface area contributed by atoms with Crippen LogP contribution in [-0.4, -0.2) is 23.9 Å². The lowest BCUT2D eigenvalue weighted by atomic mass is 10.1. The van der Waals surface area contributed by atoms with Crippen LogP contribution in [0.2, 0.25) is 0 Å². The number of thiol groups is 1. The SMILES string of the molecule is O=C(Cc1ccccc1)N[C@@H]1CN[C@@H]1S. The summed E-state index contributed by atoms with van der Waals surface area (Å²) in [6.07, 6.45) is 0.442. The van der Waals surface area contributed by atoms with Crippen LogP contribution in [0.3, 0.4) is 0 Å². The molecular formula is C11H14N2OS. The van der Waals surface area contributed by atoms with Gasteiger partial charge in [-0.05, 0) is 5.56 Å². The summed E-state index contributed by atoms with van der Waals surface area (Å²) in [5, 5.41) is 6.12. The smallest absolute Gasteiger partial charge is 0.224 e. The van der Waals surface area contributed by atoms with Gasteiger partial charge in [-0.25, -0.2) is 0 Å². The molecule has 3 nitrogen and oxygen atoms in total. The van der Waals surface area contributed by atoms with Crippen molar-refractivity contribution in [2.75, 3.05) is 6.54 Å². The first-order valence-corrected chi connectivity index (χ1v) is 5.52. The molecular weight excluding hydrogens is 208 g/mol. The maximum absolute atomic E-state index is 11.6. The zero-order valence-electron chi connectivity index (χ0n) is 8.31. The number of nitrogens with one attached hydrogen (secondary N) is 2. The molecule has 0 aliphatic carbocycles. The highest BCUT2D eigenvalue weighted by atomic mass is 32.1. The van der Waals surface area contributed by atoms with Crippen molar-refractivity contribution in [3.05, 3.63) is 35.9 Å². The highest BCUT2D eigenvalue weighted by Gasteiger charge is 2.27. The molecule has 2 N–H and O–H groups in total. The van der Waals surface area contributed by atoms with Gasteiger partial charge in [0, 0.05) is 6.54 Å². The Morgan fingerprint density at radius 1 is 1.47 bits per heavy atom. The predicted octanol–water partition coefficient (Wildman–Crippen LogP) is 0.573. The van der Waals surface area contributed by atoms with Gasteiger partial charge in [0.05, 0.1) is 17.8 Å². The number of carbonyl (C=O) groups excluding carboxylic acids is 1. The first-order valence-electron chi connectivity index (χ1n) is 5.00. The van der Waals surface area contributed by atoms with Crippen LogP contribution < -0.4 is 10.6 Å². The molecule has 0 radical (unpaired) electrons. The molecule has 80 valence electrons. The minimum atomic E-state index is 0.0618. The highest BCUT2D eigenvalue weighted by molar-refractivity contribution is 7.81. The molecule has 0 aromatic heterocycles. The van der Waals surface area contributed by atoms with Crippen molar-refractivity contribution in [1.29, 1.82) is 0 Å². The second-order valence-corrected chi connectivity index (χ2v) is 4.25. The first kappa shape index (κ1) is 10.5. The Kier molecular flexibility index (Phi) is 3.28. The Balaban J connectivity index is 1.82. The largest absolute Gasteiger partial charge is 0.349 e. The fraction of sp³-hybridized carbons (Fsp3) is 0.364. The summed E-state index contributed by atoms with van der Waals surface area (Å²) in [5.74, 6) is 0.0618. The molecule has 2 atom stereocenters. The Morgan fingerprint density at radius 2 is 2.20 bits per heavy atom. The molecule has 1 aliphatic heterocycles. The van der Waals surface area contributed by atoms with Gasteiger partial charge < -0.3 is 10.6 Å². The quantitative estimate of drug-likeness (QED) is 0.655. The normalized spacial score (nSPS) is 24.3. The monoisotopic (exact) mass is 222 g/mol. The van der Waals surface area contributed by atoms with E-state index in [9.17, 15) is 4.79 Å². The van der Waals surface area contributed by atoms with E-state index in [2.05, 4.69) is 23.3 Å². The summed E-state index contributed by atoms with van der Waals surface area (Å²) in [4.78, 5) is 11.6. The average Bonchev–Trinajstić information content (AvgIpc) is 2.25. The van der Waals surface area contributed by atoms with Gasteiger partial charge in [-0.3, -0.25) is 4.79 Å². The van der Waals surface area contributed by atoms with E-state index < -0.39 is 0 Å². The van der Waals surface area contributed by atoms with Crippen LogP contribution >= 0.6 is 12.6 Å². The predicted molar refractivity (Wildman–Crippen MR) is 62.9 cm³/mol. The van der Waals surface area contributed by atoms with Gasteiger partial charge in [0.2, 0.25) is 5.91 Å². The van der Waals surface area contributed by atoms with Gasteiger partial charge in [-0.2, -0.15) is 12.6 Å². The van der Waals surface area contributed by atoms with Crippen LogP contribution in [-0.2, 0) is 11.2 Å². The van der Waals surface area contributed by atoms with E-state index in [1.165, 1.54) is 0 Å². The molecule has 1 fully saturated rings. The van der Waals surface area contributed by atoms with E-state index in [1.54, 1.807) is 0 Å². The van der Waals surface area contributed by atoms with Crippen molar-refractivity contribution < 1.29 is 4.79 Å². The molecule has 15 heavy (non-hydrogen) atoms. The summed E-state index contributed by atoms with van der Waals surface area (Å²) in [6.45, 7) is 0.814. The van der Waals surface area contributed by atoms with Crippen LogP contribution in [0.25, 0.3) is 0 Å². The van der Waals surface area contributed by atoms with Gasteiger partial charge in [0.15, 0.2) is 0 Å². The molecule has 1 aliphatic rings. The topological polar surface area (TPSA) is 41.1 Å². The number of hydrogen-bond acceptors (Lipinski definition) is 3. The third kappa shape index (κ3) is 2.73. The lowest BCUT2D eigenvalue weighted by Gasteiger charge is -2.35. The molecule has 2 rings (SSSR count). The molecule has 1 saturated heterocycles. The van der Waals surface area contributed by atoms with Crippen LogP contribution in [0, 0.1) is 0 Å². The number of hydrogen-bond donors (Lipinski definition) is 3. The van der Waals surface area contributed by atoms with Crippen molar-refractivity contribution >= 4 is 18.5 Å². The van der Waals surface area contributed by atoms with E-state index in [0.29, 0.717) is 6.42 Å². The maximum atomic E-state index is 11.6. The zero-order valence-corrected chi connectivity index (χ0v) is 9.21. The average molecular weight is 222 g/mol. The number of carbonyl (C=O) groups is 1. The lowest BCUT2D eigenvalue weighted by molar-refractivity contribution is -0.121. The van der Waals surface area contributed by atoms with Crippen molar-refractivity contribution in [2.45, 2.75) is 17.8 Å². The molecule has 0 saturated carbocycles. The summed E-state index contributed by atoms with van der Waals surface area (Å²) in [6, 6.07) is 9.91. The summed E-state index contributed by atoms with van der Waals surface area (Å²) >= 11 is 4.25. The zero-order chi connectivity index (χ0) is 10.7. The molecule has 1 heterocycles. The molecule has 1 aromatic carbocycles. The van der Waals surface area contributed by atoms with Crippen molar-refractivity contribution in [3.63, 3.8) is 0 Å². The van der Waals surface area contributed by atoms with E-state index in [0.717, 1.165) is 12.1 Å². The van der Waals surface area contributed by atoms with E-state index in [1.807, 2.05) is 30.3 Å². The van der Waals surface area contributed by atoms with E-state index >= 15 is 0 Å². The molecule has 4 heteroatoms. The second-order valence-electron chi connectivity index (χ2n) is 3.69. The molecule has 0 spiro atoms. The molecule has 1 amide bonds. The molecule has 0 bridgehead atoms. The Hall–Kier alpha value is -1.00. The number of benzene rings is 1. The fourth-order valence-electron chi connectivity index (χ4n) is 1.51. The Morgan fingerprint density at radius 3 is 2.73 bits per heavy atom. The van der Waals surface area contributed by atoms with Crippen LogP contribution in [0.4, 0.5) is 0 Å². The summed E-state index contributed by atoms with van der Waals surface area (Å²) in [7, 11) is 0. The fourth-order valence-corrected chi connectivity index (χ4v) is 1.80. The van der Waals surface area contributed by atoms with E-state index in [4.69, 9.17) is 0 Å². The first-order chi connectivity index (χ1) is 7.25. The van der Waals surface area contributed by atoms with E-state index in [-0.39, 0.29) is 17.3 Å². The van der Waals surface area contributed by atoms with Gasteiger partial charge in [-0.15, -0.1) is 0 Å². The maximum Gasteiger partial charge on any atom is 0.224 e. The van der Waals surface area contributed by atoms with Crippen molar-refractivity contribution in [3.8, 4) is 0 Å².